The predicted octanol–water partition coefficient (Wildman–Crippen LogP) is 1.38. The molecule has 5 heteroatoms. The van der Waals surface area contributed by atoms with E-state index in [1.54, 1.807) is 17.6 Å². The lowest BCUT2D eigenvalue weighted by atomic mass is 10.4. The molecule has 0 saturated heterocycles. The lowest BCUT2D eigenvalue weighted by Gasteiger charge is -1.91. The maximum atomic E-state index is 9.99. The van der Waals surface area contributed by atoms with E-state index in [9.17, 15) is 4.79 Å². The maximum absolute atomic E-state index is 9.99. The number of oxime groups is 1. The molecule has 0 aliphatic rings. The van der Waals surface area contributed by atoms with Crippen molar-refractivity contribution in [3.8, 4) is 0 Å². The fraction of sp³-hybridized carbons (Fsp3) is 0.250. The second kappa shape index (κ2) is 5.31. The molecule has 0 aliphatic carbocycles. The second-order valence-corrected chi connectivity index (χ2v) is 3.27. The molecule has 1 heterocycles. The van der Waals surface area contributed by atoms with Gasteiger partial charge >= 0.3 is 5.97 Å². The van der Waals surface area contributed by atoms with Gasteiger partial charge in [-0.25, -0.2) is 4.79 Å². The zero-order valence-electron chi connectivity index (χ0n) is 6.84. The highest BCUT2D eigenvalue weighted by Crippen LogP contribution is 2.07. The Hall–Kier alpha value is -1.36. The molecular weight excluding hydrogens is 190 g/mol. The fourth-order valence-electron chi connectivity index (χ4n) is 0.701. The first-order chi connectivity index (χ1) is 6.29. The molecule has 1 aromatic heterocycles. The quantitative estimate of drug-likeness (QED) is 0.575. The summed E-state index contributed by atoms with van der Waals surface area (Å²) in [6.07, 6.45) is 2.23. The van der Waals surface area contributed by atoms with Gasteiger partial charge in [0, 0.05) is 17.5 Å². The Balaban J connectivity index is 2.15. The summed E-state index contributed by atoms with van der Waals surface area (Å²) in [7, 11) is 0. The lowest BCUT2D eigenvalue weighted by Crippen LogP contribution is -2.03. The highest BCUT2D eigenvalue weighted by molar-refractivity contribution is 7.10. The van der Waals surface area contributed by atoms with Gasteiger partial charge in [-0.05, 0) is 11.4 Å². The number of rotatable bonds is 5. The van der Waals surface area contributed by atoms with E-state index in [0.717, 1.165) is 0 Å². The molecule has 0 radical (unpaired) electrons. The average Bonchev–Trinajstić information content (AvgIpc) is 2.55. The van der Waals surface area contributed by atoms with Crippen LogP contribution in [-0.4, -0.2) is 23.9 Å². The van der Waals surface area contributed by atoms with Gasteiger partial charge in [-0.3, -0.25) is 0 Å². The number of nitrogens with zero attached hydrogens (tertiary/aromatic N) is 1. The summed E-state index contributed by atoms with van der Waals surface area (Å²) in [5.74, 6) is -1.02. The van der Waals surface area contributed by atoms with Crippen LogP contribution in [0.15, 0.2) is 22.7 Å². The van der Waals surface area contributed by atoms with E-state index in [2.05, 4.69) is 9.99 Å². The topological polar surface area (TPSA) is 58.9 Å². The Morgan fingerprint density at radius 3 is 3.23 bits per heavy atom. The van der Waals surface area contributed by atoms with Crippen LogP contribution in [0.5, 0.6) is 0 Å². The number of aliphatic carboxylic acids is 1. The largest absolute Gasteiger partial charge is 0.479 e. The minimum atomic E-state index is -1.02. The highest BCUT2D eigenvalue weighted by Gasteiger charge is 1.93. The number of hydrogen-bond donors (Lipinski definition) is 1. The highest BCUT2D eigenvalue weighted by atomic mass is 32.1. The molecule has 0 bridgehead atoms. The molecule has 13 heavy (non-hydrogen) atoms. The third kappa shape index (κ3) is 4.27. The van der Waals surface area contributed by atoms with Crippen LogP contribution in [0.25, 0.3) is 0 Å². The molecule has 4 nitrogen and oxygen atoms in total. The number of hydrogen-bond acceptors (Lipinski definition) is 4. The summed E-state index contributed by atoms with van der Waals surface area (Å²) < 4.78 is 0. The molecule has 0 aliphatic heterocycles. The van der Waals surface area contributed by atoms with Gasteiger partial charge < -0.3 is 9.94 Å². The Morgan fingerprint density at radius 1 is 1.77 bits per heavy atom. The number of carboxylic acid groups (broad SMARTS) is 1. The van der Waals surface area contributed by atoms with E-state index in [1.807, 2.05) is 17.5 Å². The molecule has 0 atom stereocenters. The van der Waals surface area contributed by atoms with E-state index >= 15 is 0 Å². The Labute approximate surface area is 79.5 Å². The first kappa shape index (κ1) is 9.73. The zero-order chi connectivity index (χ0) is 9.52. The van der Waals surface area contributed by atoms with E-state index in [1.165, 1.54) is 4.88 Å². The molecule has 0 spiro atoms. The van der Waals surface area contributed by atoms with Gasteiger partial charge in [0.25, 0.3) is 0 Å². The molecule has 1 rings (SSSR count). The Kier molecular flexibility index (Phi) is 3.98. The summed E-state index contributed by atoms with van der Waals surface area (Å²) in [6, 6.07) is 3.93. The summed E-state index contributed by atoms with van der Waals surface area (Å²) in [5.41, 5.74) is 0. The monoisotopic (exact) mass is 199 g/mol. The fourth-order valence-corrected chi connectivity index (χ4v) is 1.36. The van der Waals surface area contributed by atoms with Crippen LogP contribution in [0.1, 0.15) is 4.88 Å². The van der Waals surface area contributed by atoms with Crippen molar-refractivity contribution in [1.82, 2.24) is 0 Å². The van der Waals surface area contributed by atoms with Gasteiger partial charge in [0.15, 0.2) is 0 Å². The van der Waals surface area contributed by atoms with E-state index in [0.29, 0.717) is 6.42 Å². The normalized spacial score (nSPS) is 10.5. The van der Waals surface area contributed by atoms with Crippen LogP contribution >= 0.6 is 11.3 Å². The molecule has 0 amide bonds. The van der Waals surface area contributed by atoms with Crippen LogP contribution in [0.2, 0.25) is 0 Å². The summed E-state index contributed by atoms with van der Waals surface area (Å²) >= 11 is 1.62. The third-order valence-electron chi connectivity index (χ3n) is 1.21. The smallest absolute Gasteiger partial charge is 0.344 e. The van der Waals surface area contributed by atoms with Gasteiger partial charge in [0.1, 0.15) is 0 Å². The lowest BCUT2D eigenvalue weighted by molar-refractivity contribution is -0.142. The van der Waals surface area contributed by atoms with E-state index < -0.39 is 5.97 Å². The Morgan fingerprint density at radius 2 is 2.62 bits per heavy atom. The van der Waals surface area contributed by atoms with Crippen molar-refractivity contribution in [2.24, 2.45) is 5.16 Å². The van der Waals surface area contributed by atoms with Crippen molar-refractivity contribution in [2.75, 3.05) is 6.61 Å². The van der Waals surface area contributed by atoms with Gasteiger partial charge in [-0.2, -0.15) is 0 Å². The maximum Gasteiger partial charge on any atom is 0.344 e. The van der Waals surface area contributed by atoms with Crippen molar-refractivity contribution in [1.29, 1.82) is 0 Å². The molecule has 0 aromatic carbocycles. The van der Waals surface area contributed by atoms with Crippen LogP contribution in [0.4, 0.5) is 0 Å². The Bertz CT molecular complexity index is 282. The molecule has 0 saturated carbocycles. The van der Waals surface area contributed by atoms with Gasteiger partial charge in [-0.1, -0.05) is 11.2 Å². The predicted molar refractivity (Wildman–Crippen MR) is 50.1 cm³/mol. The minimum absolute atomic E-state index is 0.388. The van der Waals surface area contributed by atoms with Crippen molar-refractivity contribution < 1.29 is 14.7 Å². The van der Waals surface area contributed by atoms with Crippen molar-refractivity contribution >= 4 is 23.5 Å². The number of carbonyl (C=O) groups is 1. The zero-order valence-corrected chi connectivity index (χ0v) is 7.66. The van der Waals surface area contributed by atoms with Gasteiger partial charge in [-0.15, -0.1) is 11.3 Å². The van der Waals surface area contributed by atoms with Crippen LogP contribution in [0.3, 0.4) is 0 Å². The SMILES string of the molecule is O=C(O)CON=CCc1cccs1. The summed E-state index contributed by atoms with van der Waals surface area (Å²) in [4.78, 5) is 15.6. The first-order valence-corrected chi connectivity index (χ1v) is 4.55. The number of thiophene rings is 1. The first-order valence-electron chi connectivity index (χ1n) is 3.67. The standard InChI is InChI=1S/C8H9NO3S/c10-8(11)6-12-9-4-3-7-2-1-5-13-7/h1-2,4-5H,3,6H2,(H,10,11). The molecule has 70 valence electrons. The molecule has 0 fully saturated rings. The van der Waals surface area contributed by atoms with Gasteiger partial charge in [0.05, 0.1) is 0 Å². The van der Waals surface area contributed by atoms with Crippen LogP contribution < -0.4 is 0 Å². The third-order valence-corrected chi connectivity index (χ3v) is 2.11. The summed E-state index contributed by atoms with van der Waals surface area (Å²) in [5, 5.41) is 13.7. The summed E-state index contributed by atoms with van der Waals surface area (Å²) in [6.45, 7) is -0.388. The second-order valence-electron chi connectivity index (χ2n) is 2.24. The van der Waals surface area contributed by atoms with Crippen LogP contribution in [-0.2, 0) is 16.1 Å². The minimum Gasteiger partial charge on any atom is -0.479 e. The molecule has 0 unspecified atom stereocenters. The van der Waals surface area contributed by atoms with Crippen molar-refractivity contribution in [3.63, 3.8) is 0 Å². The van der Waals surface area contributed by atoms with E-state index in [-0.39, 0.29) is 6.61 Å². The van der Waals surface area contributed by atoms with E-state index in [4.69, 9.17) is 5.11 Å². The average molecular weight is 199 g/mol. The molecule has 1 aromatic rings. The van der Waals surface area contributed by atoms with Crippen molar-refractivity contribution in [3.05, 3.63) is 22.4 Å². The molecule has 1 N–H and O–H groups in total. The van der Waals surface area contributed by atoms with Crippen molar-refractivity contribution in [2.45, 2.75) is 6.42 Å². The molecular formula is C8H9NO3S. The number of carboxylic acids is 1. The van der Waals surface area contributed by atoms with Gasteiger partial charge in [0.2, 0.25) is 6.61 Å². The van der Waals surface area contributed by atoms with Crippen LogP contribution in [0, 0.1) is 0 Å².